The standard InChI is InChI=1S/C19H19N3/c1-2-13-9-16-7-8-17(10-13)22(16)19-15(12-20)11-14-5-3-4-6-18(14)21-19/h2-6,11,16-17H,7-10H2,1H3. The van der Waals surface area contributed by atoms with Crippen molar-refractivity contribution in [2.75, 3.05) is 4.90 Å². The lowest BCUT2D eigenvalue weighted by molar-refractivity contribution is 0.544. The van der Waals surface area contributed by atoms with Crippen LogP contribution in [0.1, 0.15) is 38.2 Å². The summed E-state index contributed by atoms with van der Waals surface area (Å²) < 4.78 is 0. The highest BCUT2D eigenvalue weighted by molar-refractivity contribution is 5.83. The predicted molar refractivity (Wildman–Crippen MR) is 88.7 cm³/mol. The fourth-order valence-corrected chi connectivity index (χ4v) is 4.02. The van der Waals surface area contributed by atoms with Crippen molar-refractivity contribution in [2.45, 2.75) is 44.7 Å². The summed E-state index contributed by atoms with van der Waals surface area (Å²) in [7, 11) is 0. The number of rotatable bonds is 1. The summed E-state index contributed by atoms with van der Waals surface area (Å²) >= 11 is 0. The Labute approximate surface area is 130 Å². The van der Waals surface area contributed by atoms with Crippen LogP contribution >= 0.6 is 0 Å². The van der Waals surface area contributed by atoms with Crippen LogP contribution in [-0.4, -0.2) is 17.1 Å². The molecule has 0 radical (unpaired) electrons. The van der Waals surface area contributed by atoms with Crippen molar-refractivity contribution in [3.8, 4) is 6.07 Å². The van der Waals surface area contributed by atoms with Gasteiger partial charge in [0, 0.05) is 17.5 Å². The number of para-hydroxylation sites is 1. The fraction of sp³-hybridized carbons (Fsp3) is 0.368. The van der Waals surface area contributed by atoms with Gasteiger partial charge in [0.05, 0.1) is 11.1 Å². The Balaban J connectivity index is 1.83. The average molecular weight is 289 g/mol. The molecule has 2 bridgehead atoms. The number of allylic oxidation sites excluding steroid dienone is 1. The Bertz CT molecular complexity index is 784. The zero-order valence-corrected chi connectivity index (χ0v) is 12.8. The SMILES string of the molecule is CC=C1CC2CCC(C1)N2c1nc2ccccc2cc1C#N. The smallest absolute Gasteiger partial charge is 0.147 e. The summed E-state index contributed by atoms with van der Waals surface area (Å²) in [4.78, 5) is 7.27. The van der Waals surface area contributed by atoms with Gasteiger partial charge in [-0.3, -0.25) is 0 Å². The van der Waals surface area contributed by atoms with E-state index in [9.17, 15) is 5.26 Å². The fourth-order valence-electron chi connectivity index (χ4n) is 4.02. The van der Waals surface area contributed by atoms with Crippen molar-refractivity contribution in [3.63, 3.8) is 0 Å². The van der Waals surface area contributed by atoms with Gasteiger partial charge >= 0.3 is 0 Å². The summed E-state index contributed by atoms with van der Waals surface area (Å²) in [5.74, 6) is 0.892. The van der Waals surface area contributed by atoms with Crippen LogP contribution in [0.25, 0.3) is 10.9 Å². The Hall–Kier alpha value is -2.34. The number of pyridine rings is 1. The third-order valence-corrected chi connectivity index (χ3v) is 5.09. The van der Waals surface area contributed by atoms with Crippen molar-refractivity contribution in [3.05, 3.63) is 47.5 Å². The Kier molecular flexibility index (Phi) is 3.11. The highest BCUT2D eigenvalue weighted by Gasteiger charge is 2.40. The molecular formula is C19H19N3. The van der Waals surface area contributed by atoms with E-state index in [1.807, 2.05) is 30.3 Å². The Morgan fingerprint density at radius 2 is 1.95 bits per heavy atom. The van der Waals surface area contributed by atoms with E-state index in [-0.39, 0.29) is 0 Å². The van der Waals surface area contributed by atoms with Gasteiger partial charge in [0.15, 0.2) is 0 Å². The van der Waals surface area contributed by atoms with Gasteiger partial charge in [-0.25, -0.2) is 4.98 Å². The third-order valence-electron chi connectivity index (χ3n) is 5.09. The molecule has 1 aromatic carbocycles. The third kappa shape index (κ3) is 1.99. The molecule has 2 aliphatic rings. The molecule has 2 fully saturated rings. The number of aromatic nitrogens is 1. The van der Waals surface area contributed by atoms with Crippen LogP contribution in [-0.2, 0) is 0 Å². The zero-order valence-electron chi connectivity index (χ0n) is 12.8. The van der Waals surface area contributed by atoms with Crippen molar-refractivity contribution in [1.29, 1.82) is 5.26 Å². The van der Waals surface area contributed by atoms with Crippen LogP contribution in [0.5, 0.6) is 0 Å². The van der Waals surface area contributed by atoms with Gasteiger partial charge in [-0.1, -0.05) is 29.8 Å². The second kappa shape index (κ2) is 5.14. The van der Waals surface area contributed by atoms with Crippen LogP contribution in [0.3, 0.4) is 0 Å². The lowest BCUT2D eigenvalue weighted by Gasteiger charge is -2.37. The van der Waals surface area contributed by atoms with Gasteiger partial charge in [-0.05, 0) is 44.7 Å². The summed E-state index contributed by atoms with van der Waals surface area (Å²) in [6.45, 7) is 2.14. The summed E-state index contributed by atoms with van der Waals surface area (Å²) in [5.41, 5.74) is 3.25. The largest absolute Gasteiger partial charge is 0.349 e. The van der Waals surface area contributed by atoms with Crippen LogP contribution < -0.4 is 4.90 Å². The van der Waals surface area contributed by atoms with E-state index in [2.05, 4.69) is 24.0 Å². The first-order valence-electron chi connectivity index (χ1n) is 8.02. The molecule has 1 aromatic heterocycles. The normalized spacial score (nSPS) is 23.6. The number of anilines is 1. The molecule has 0 N–H and O–H groups in total. The van der Waals surface area contributed by atoms with Gasteiger partial charge in [-0.2, -0.15) is 5.26 Å². The highest BCUT2D eigenvalue weighted by atomic mass is 15.3. The lowest BCUT2D eigenvalue weighted by atomic mass is 9.96. The van der Waals surface area contributed by atoms with Gasteiger partial charge in [0.25, 0.3) is 0 Å². The minimum atomic E-state index is 0.505. The molecule has 3 nitrogen and oxygen atoms in total. The molecule has 0 spiro atoms. The maximum Gasteiger partial charge on any atom is 0.147 e. The van der Waals surface area contributed by atoms with Crippen LogP contribution in [0, 0.1) is 11.3 Å². The quantitative estimate of drug-likeness (QED) is 0.739. The summed E-state index contributed by atoms with van der Waals surface area (Å²) in [5, 5.41) is 10.6. The number of hydrogen-bond acceptors (Lipinski definition) is 3. The van der Waals surface area contributed by atoms with E-state index in [1.165, 1.54) is 12.8 Å². The molecule has 0 aliphatic carbocycles. The zero-order chi connectivity index (χ0) is 15.1. The van der Waals surface area contributed by atoms with Gasteiger partial charge < -0.3 is 4.90 Å². The number of benzene rings is 1. The van der Waals surface area contributed by atoms with Crippen molar-refractivity contribution in [1.82, 2.24) is 4.98 Å². The maximum atomic E-state index is 9.57. The molecule has 2 atom stereocenters. The molecular weight excluding hydrogens is 270 g/mol. The molecule has 2 aliphatic heterocycles. The first-order valence-corrected chi connectivity index (χ1v) is 8.02. The Morgan fingerprint density at radius 1 is 1.23 bits per heavy atom. The van der Waals surface area contributed by atoms with E-state index >= 15 is 0 Å². The van der Waals surface area contributed by atoms with Gasteiger partial charge in [-0.15, -0.1) is 0 Å². The summed E-state index contributed by atoms with van der Waals surface area (Å²) in [6.07, 6.45) is 6.92. The lowest BCUT2D eigenvalue weighted by Crippen LogP contribution is -2.41. The molecule has 2 aromatic rings. The van der Waals surface area contributed by atoms with Crippen molar-refractivity contribution in [2.24, 2.45) is 0 Å². The number of piperidine rings is 1. The monoisotopic (exact) mass is 289 g/mol. The molecule has 110 valence electrons. The molecule has 4 rings (SSSR count). The van der Waals surface area contributed by atoms with Crippen LogP contribution in [0.2, 0.25) is 0 Å². The summed E-state index contributed by atoms with van der Waals surface area (Å²) in [6, 6.07) is 13.4. The Morgan fingerprint density at radius 3 is 2.64 bits per heavy atom. The van der Waals surface area contributed by atoms with E-state index in [4.69, 9.17) is 4.98 Å². The maximum absolute atomic E-state index is 9.57. The average Bonchev–Trinajstić information content (AvgIpc) is 2.83. The van der Waals surface area contributed by atoms with E-state index in [0.717, 1.165) is 29.6 Å². The number of nitrogens with zero attached hydrogens (tertiary/aromatic N) is 3. The first kappa shape index (κ1) is 13.3. The molecule has 2 saturated heterocycles. The topological polar surface area (TPSA) is 39.9 Å². The minimum absolute atomic E-state index is 0.505. The molecule has 3 heteroatoms. The molecule has 22 heavy (non-hydrogen) atoms. The van der Waals surface area contributed by atoms with Crippen molar-refractivity contribution >= 4 is 16.7 Å². The number of nitriles is 1. The van der Waals surface area contributed by atoms with E-state index < -0.39 is 0 Å². The second-order valence-corrected chi connectivity index (χ2v) is 6.31. The van der Waals surface area contributed by atoms with Crippen LogP contribution in [0.15, 0.2) is 42.0 Å². The molecule has 3 heterocycles. The van der Waals surface area contributed by atoms with Gasteiger partial charge in [0.2, 0.25) is 0 Å². The molecule has 2 unspecified atom stereocenters. The van der Waals surface area contributed by atoms with Crippen LogP contribution in [0.4, 0.5) is 5.82 Å². The molecule has 0 saturated carbocycles. The molecule has 0 amide bonds. The second-order valence-electron chi connectivity index (χ2n) is 6.31. The number of fused-ring (bicyclic) bond motifs is 3. The van der Waals surface area contributed by atoms with E-state index in [0.29, 0.717) is 17.6 Å². The highest BCUT2D eigenvalue weighted by Crippen LogP contribution is 2.42. The first-order chi connectivity index (χ1) is 10.8. The van der Waals surface area contributed by atoms with Crippen molar-refractivity contribution < 1.29 is 0 Å². The number of hydrogen-bond donors (Lipinski definition) is 0. The predicted octanol–water partition coefficient (Wildman–Crippen LogP) is 4.18. The minimum Gasteiger partial charge on any atom is -0.349 e. The van der Waals surface area contributed by atoms with E-state index in [1.54, 1.807) is 5.57 Å². The van der Waals surface area contributed by atoms with Gasteiger partial charge in [0.1, 0.15) is 11.9 Å².